The van der Waals surface area contributed by atoms with E-state index in [2.05, 4.69) is 5.32 Å². The van der Waals surface area contributed by atoms with E-state index < -0.39 is 6.04 Å². The fraction of sp³-hybridized carbons (Fsp3) is 0.259. The maximum Gasteiger partial charge on any atom is 0.243 e. The van der Waals surface area contributed by atoms with Gasteiger partial charge in [0.2, 0.25) is 11.8 Å². The molecule has 3 aromatic rings. The molecule has 0 saturated carbocycles. The van der Waals surface area contributed by atoms with Gasteiger partial charge in [-0.15, -0.1) is 11.8 Å². The fourth-order valence-corrected chi connectivity index (χ4v) is 4.77. The van der Waals surface area contributed by atoms with Crippen molar-refractivity contribution >= 4 is 46.8 Å². The Bertz CT molecular complexity index is 1080. The summed E-state index contributed by atoms with van der Waals surface area (Å²) in [4.78, 5) is 28.3. The van der Waals surface area contributed by atoms with E-state index in [0.717, 1.165) is 16.7 Å². The molecule has 3 rings (SSSR count). The van der Waals surface area contributed by atoms with Gasteiger partial charge in [0.1, 0.15) is 6.04 Å². The second kappa shape index (κ2) is 13.4. The summed E-state index contributed by atoms with van der Waals surface area (Å²) in [7, 11) is 0. The summed E-state index contributed by atoms with van der Waals surface area (Å²) in [6.07, 6.45) is 0.447. The number of carbonyl (C=O) groups excluding carboxylic acids is 2. The molecule has 3 aromatic carbocycles. The van der Waals surface area contributed by atoms with Crippen LogP contribution in [0.4, 0.5) is 0 Å². The molecule has 0 radical (unpaired) electrons. The second-order valence-electron chi connectivity index (χ2n) is 7.85. The van der Waals surface area contributed by atoms with E-state index in [-0.39, 0.29) is 17.6 Å². The van der Waals surface area contributed by atoms with Gasteiger partial charge in [-0.1, -0.05) is 89.9 Å². The standard InChI is InChI=1S/C27H28Cl2N2O2S/c1-2-30-27(33)25(16-20-9-5-3-6-10-20)31(17-21-11-7-4-8-12-21)26(32)19-34-18-22-13-14-23(28)24(29)15-22/h3-15,25H,2,16-19H2,1H3,(H,30,33)/t25-/m0/s1. The number of hydrogen-bond acceptors (Lipinski definition) is 3. The van der Waals surface area contributed by atoms with Crippen LogP contribution < -0.4 is 5.32 Å². The van der Waals surface area contributed by atoms with Crippen LogP contribution in [-0.4, -0.2) is 35.1 Å². The monoisotopic (exact) mass is 514 g/mol. The summed E-state index contributed by atoms with van der Waals surface area (Å²) in [6.45, 7) is 2.75. The lowest BCUT2D eigenvalue weighted by Gasteiger charge is -2.31. The van der Waals surface area contributed by atoms with Gasteiger partial charge in [0.25, 0.3) is 0 Å². The lowest BCUT2D eigenvalue weighted by Crippen LogP contribution is -2.51. The highest BCUT2D eigenvalue weighted by atomic mass is 35.5. The molecule has 0 spiro atoms. The molecule has 1 atom stereocenters. The molecule has 0 heterocycles. The maximum absolute atomic E-state index is 13.5. The number of benzene rings is 3. The first kappa shape index (κ1) is 26.1. The first-order valence-electron chi connectivity index (χ1n) is 11.1. The van der Waals surface area contributed by atoms with Crippen molar-refractivity contribution in [1.82, 2.24) is 10.2 Å². The molecule has 0 fully saturated rings. The Morgan fingerprint density at radius 1 is 0.882 bits per heavy atom. The lowest BCUT2D eigenvalue weighted by atomic mass is 10.0. The summed E-state index contributed by atoms with van der Waals surface area (Å²) >= 11 is 13.6. The normalized spacial score (nSPS) is 11.6. The highest BCUT2D eigenvalue weighted by Gasteiger charge is 2.30. The number of nitrogens with one attached hydrogen (secondary N) is 1. The van der Waals surface area contributed by atoms with Gasteiger partial charge in [-0.05, 0) is 35.7 Å². The van der Waals surface area contributed by atoms with Crippen LogP contribution in [-0.2, 0) is 28.3 Å². The summed E-state index contributed by atoms with van der Waals surface area (Å²) in [5, 5.41) is 3.92. The molecule has 0 saturated heterocycles. The third-order valence-corrected chi connectivity index (χ3v) is 7.02. The molecule has 0 aromatic heterocycles. The first-order valence-corrected chi connectivity index (χ1v) is 13.1. The van der Waals surface area contributed by atoms with Crippen molar-refractivity contribution < 1.29 is 9.59 Å². The van der Waals surface area contributed by atoms with Crippen LogP contribution in [0.1, 0.15) is 23.6 Å². The minimum absolute atomic E-state index is 0.0823. The molecule has 178 valence electrons. The third-order valence-electron chi connectivity index (χ3n) is 5.30. The van der Waals surface area contributed by atoms with E-state index in [4.69, 9.17) is 23.2 Å². The predicted octanol–water partition coefficient (Wildman–Crippen LogP) is 6.00. The molecule has 0 aliphatic carbocycles. The first-order chi connectivity index (χ1) is 16.5. The number of carbonyl (C=O) groups is 2. The van der Waals surface area contributed by atoms with E-state index in [1.165, 1.54) is 11.8 Å². The van der Waals surface area contributed by atoms with Gasteiger partial charge in [-0.3, -0.25) is 9.59 Å². The van der Waals surface area contributed by atoms with Crippen molar-refractivity contribution in [2.75, 3.05) is 12.3 Å². The van der Waals surface area contributed by atoms with E-state index in [1.807, 2.05) is 79.7 Å². The number of rotatable bonds is 11. The number of nitrogens with zero attached hydrogens (tertiary/aromatic N) is 1. The lowest BCUT2D eigenvalue weighted by molar-refractivity contribution is -0.139. The maximum atomic E-state index is 13.5. The van der Waals surface area contributed by atoms with E-state index in [0.29, 0.717) is 35.3 Å². The molecule has 2 amide bonds. The van der Waals surface area contributed by atoms with Crippen LogP contribution >= 0.6 is 35.0 Å². The Morgan fingerprint density at radius 2 is 1.53 bits per heavy atom. The van der Waals surface area contributed by atoms with Crippen LogP contribution in [0.3, 0.4) is 0 Å². The Labute approximate surface area is 215 Å². The van der Waals surface area contributed by atoms with Crippen molar-refractivity contribution in [2.24, 2.45) is 0 Å². The van der Waals surface area contributed by atoms with Crippen molar-refractivity contribution in [2.45, 2.75) is 31.7 Å². The van der Waals surface area contributed by atoms with Gasteiger partial charge in [0.15, 0.2) is 0 Å². The molecule has 4 nitrogen and oxygen atoms in total. The van der Waals surface area contributed by atoms with Crippen LogP contribution in [0.15, 0.2) is 78.9 Å². The van der Waals surface area contributed by atoms with Crippen molar-refractivity contribution in [3.8, 4) is 0 Å². The SMILES string of the molecule is CCNC(=O)[C@H](Cc1ccccc1)N(Cc1ccccc1)C(=O)CSCc1ccc(Cl)c(Cl)c1. The van der Waals surface area contributed by atoms with Crippen molar-refractivity contribution in [1.29, 1.82) is 0 Å². The highest BCUT2D eigenvalue weighted by Crippen LogP contribution is 2.25. The molecule has 1 N–H and O–H groups in total. The van der Waals surface area contributed by atoms with Crippen LogP contribution in [0.5, 0.6) is 0 Å². The zero-order chi connectivity index (χ0) is 24.3. The number of hydrogen-bond donors (Lipinski definition) is 1. The number of likely N-dealkylation sites (N-methyl/N-ethyl adjacent to an activating group) is 1. The Balaban J connectivity index is 1.79. The van der Waals surface area contributed by atoms with Crippen molar-refractivity contribution in [3.63, 3.8) is 0 Å². The van der Waals surface area contributed by atoms with Crippen molar-refractivity contribution in [3.05, 3.63) is 106 Å². The van der Waals surface area contributed by atoms with Gasteiger partial charge in [0.05, 0.1) is 15.8 Å². The van der Waals surface area contributed by atoms with Crippen LogP contribution in [0.2, 0.25) is 10.0 Å². The van der Waals surface area contributed by atoms with Gasteiger partial charge < -0.3 is 10.2 Å². The van der Waals surface area contributed by atoms with E-state index in [9.17, 15) is 9.59 Å². The van der Waals surface area contributed by atoms with Crippen LogP contribution in [0.25, 0.3) is 0 Å². The van der Waals surface area contributed by atoms with E-state index in [1.54, 1.807) is 11.0 Å². The third kappa shape index (κ3) is 7.79. The number of halogens is 2. The van der Waals surface area contributed by atoms with Gasteiger partial charge >= 0.3 is 0 Å². The highest BCUT2D eigenvalue weighted by molar-refractivity contribution is 7.99. The molecule has 0 unspecified atom stereocenters. The number of amides is 2. The van der Waals surface area contributed by atoms with Gasteiger partial charge in [-0.2, -0.15) is 0 Å². The van der Waals surface area contributed by atoms with Gasteiger partial charge in [-0.25, -0.2) is 0 Å². The Morgan fingerprint density at radius 3 is 2.15 bits per heavy atom. The Hall–Kier alpha value is -2.47. The average Bonchev–Trinajstić information content (AvgIpc) is 2.85. The summed E-state index contributed by atoms with van der Waals surface area (Å²) in [5.74, 6) is 0.635. The second-order valence-corrected chi connectivity index (χ2v) is 9.65. The fourth-order valence-electron chi connectivity index (χ4n) is 3.59. The smallest absolute Gasteiger partial charge is 0.243 e. The van der Waals surface area contributed by atoms with Crippen LogP contribution in [0, 0.1) is 0 Å². The topological polar surface area (TPSA) is 49.4 Å². The molecule has 7 heteroatoms. The summed E-state index contributed by atoms with van der Waals surface area (Å²) in [6, 6.07) is 24.4. The molecule has 0 bridgehead atoms. The molecule has 0 aliphatic rings. The zero-order valence-corrected chi connectivity index (χ0v) is 21.4. The molecule has 34 heavy (non-hydrogen) atoms. The molecule has 0 aliphatic heterocycles. The van der Waals surface area contributed by atoms with Gasteiger partial charge in [0, 0.05) is 25.3 Å². The zero-order valence-electron chi connectivity index (χ0n) is 19.0. The minimum Gasteiger partial charge on any atom is -0.355 e. The summed E-state index contributed by atoms with van der Waals surface area (Å²) < 4.78 is 0. The minimum atomic E-state index is -0.611. The number of thioether (sulfide) groups is 1. The largest absolute Gasteiger partial charge is 0.355 e. The average molecular weight is 516 g/mol. The molecular formula is C27H28Cl2N2O2S. The molecular weight excluding hydrogens is 487 g/mol. The Kier molecular flexibility index (Phi) is 10.3. The predicted molar refractivity (Wildman–Crippen MR) is 142 cm³/mol. The van der Waals surface area contributed by atoms with E-state index >= 15 is 0 Å². The quantitative estimate of drug-likeness (QED) is 0.341. The summed E-state index contributed by atoms with van der Waals surface area (Å²) in [5.41, 5.74) is 2.98.